The summed E-state index contributed by atoms with van der Waals surface area (Å²) in [5.41, 5.74) is 4.20. The van der Waals surface area contributed by atoms with Gasteiger partial charge in [-0.2, -0.15) is 0 Å². The van der Waals surface area contributed by atoms with Gasteiger partial charge in [-0.15, -0.1) is 0 Å². The highest BCUT2D eigenvalue weighted by Crippen LogP contribution is 2.31. The zero-order valence-corrected chi connectivity index (χ0v) is 19.0. The number of nitrogens with zero attached hydrogens (tertiary/aromatic N) is 2. The third-order valence-electron chi connectivity index (χ3n) is 6.23. The maximum Gasteiger partial charge on any atom is 0.305 e. The van der Waals surface area contributed by atoms with Crippen molar-refractivity contribution in [1.29, 1.82) is 0 Å². The Kier molecular flexibility index (Phi) is 6.35. The number of carboxylic acid groups (broad SMARTS) is 1. The van der Waals surface area contributed by atoms with E-state index in [0.29, 0.717) is 18.8 Å². The maximum absolute atomic E-state index is 13.8. The number of hydrogen-bond donors (Lipinski definition) is 2. The maximum atomic E-state index is 13.8. The van der Waals surface area contributed by atoms with E-state index in [1.54, 1.807) is 10.8 Å². The van der Waals surface area contributed by atoms with Gasteiger partial charge in [0.25, 0.3) is 0 Å². The van der Waals surface area contributed by atoms with Crippen molar-refractivity contribution in [3.8, 4) is 5.75 Å². The van der Waals surface area contributed by atoms with Crippen LogP contribution < -0.4 is 10.1 Å². The molecule has 0 saturated carbocycles. The number of fused-ring (bicyclic) bond motifs is 2. The number of anilines is 1. The molecule has 1 aliphatic rings. The summed E-state index contributed by atoms with van der Waals surface area (Å²) in [5, 5.41) is 13.6. The first-order chi connectivity index (χ1) is 17.0. The van der Waals surface area contributed by atoms with Crippen LogP contribution in [0.2, 0.25) is 0 Å². The number of hydrogen-bond acceptors (Lipinski definition) is 4. The Labute approximate surface area is 201 Å². The summed E-state index contributed by atoms with van der Waals surface area (Å²) in [4.78, 5) is 16.3. The first-order valence-electron chi connectivity index (χ1n) is 11.6. The van der Waals surface area contributed by atoms with Crippen molar-refractivity contribution in [2.45, 2.75) is 31.7 Å². The minimum Gasteiger partial charge on any atom is -0.493 e. The van der Waals surface area contributed by atoms with Gasteiger partial charge in [0.05, 0.1) is 30.5 Å². The normalized spacial score (nSPS) is 13.8. The summed E-state index contributed by atoms with van der Waals surface area (Å²) in [6, 6.07) is 13.8. The second-order valence-corrected chi connectivity index (χ2v) is 8.69. The van der Waals surface area contributed by atoms with Gasteiger partial charge in [0.2, 0.25) is 0 Å². The standard InChI is InChI=1S/C27H25F2N3O3/c28-19-12-18(13-20(29)15-19)26(16-27(33)34)32-10-7-17-14-22(4-6-25(17)32)35-11-8-21-3-5-23-24(31-21)2-1-9-30-23/h3-7,10,12-15,26,30H,1-2,8-9,11,16H2,(H,33,34). The predicted octanol–water partition coefficient (Wildman–Crippen LogP) is 5.36. The molecule has 35 heavy (non-hydrogen) atoms. The molecule has 0 bridgehead atoms. The summed E-state index contributed by atoms with van der Waals surface area (Å²) in [6.45, 7) is 1.45. The second kappa shape index (κ2) is 9.74. The Morgan fingerprint density at radius 2 is 1.94 bits per heavy atom. The Hall–Kier alpha value is -3.94. The molecule has 0 spiro atoms. The van der Waals surface area contributed by atoms with Crippen LogP contribution >= 0.6 is 0 Å². The lowest BCUT2D eigenvalue weighted by Crippen LogP contribution is -2.15. The largest absolute Gasteiger partial charge is 0.493 e. The highest BCUT2D eigenvalue weighted by atomic mass is 19.1. The van der Waals surface area contributed by atoms with Crippen molar-refractivity contribution in [3.05, 3.63) is 89.4 Å². The molecule has 8 heteroatoms. The van der Waals surface area contributed by atoms with Gasteiger partial charge in [0.15, 0.2) is 0 Å². The lowest BCUT2D eigenvalue weighted by Gasteiger charge is -2.19. The van der Waals surface area contributed by atoms with Gasteiger partial charge in [-0.1, -0.05) is 0 Å². The zero-order chi connectivity index (χ0) is 24.4. The molecule has 2 N–H and O–H groups in total. The second-order valence-electron chi connectivity index (χ2n) is 8.69. The molecule has 2 aromatic heterocycles. The topological polar surface area (TPSA) is 76.4 Å². The summed E-state index contributed by atoms with van der Waals surface area (Å²) >= 11 is 0. The average molecular weight is 478 g/mol. The van der Waals surface area contributed by atoms with Crippen LogP contribution in [-0.2, 0) is 17.6 Å². The number of nitrogens with one attached hydrogen (secondary N) is 1. The number of ether oxygens (including phenoxy) is 1. The van der Waals surface area contributed by atoms with Crippen molar-refractivity contribution in [2.75, 3.05) is 18.5 Å². The van der Waals surface area contributed by atoms with Crippen LogP contribution in [0.3, 0.4) is 0 Å². The SMILES string of the molecule is O=C(O)CC(c1cc(F)cc(F)c1)n1ccc2cc(OCCc3ccc4c(n3)CCCN4)ccc21. The smallest absolute Gasteiger partial charge is 0.305 e. The lowest BCUT2D eigenvalue weighted by atomic mass is 10.0. The first kappa shape index (κ1) is 22.8. The molecule has 0 aliphatic carbocycles. The molecule has 1 unspecified atom stereocenters. The van der Waals surface area contributed by atoms with Crippen LogP contribution in [-0.4, -0.2) is 33.8 Å². The van der Waals surface area contributed by atoms with E-state index in [1.165, 1.54) is 12.1 Å². The average Bonchev–Trinajstić information content (AvgIpc) is 3.25. The van der Waals surface area contributed by atoms with E-state index in [1.807, 2.05) is 30.3 Å². The highest BCUT2D eigenvalue weighted by molar-refractivity contribution is 5.82. The molecule has 180 valence electrons. The fourth-order valence-electron chi connectivity index (χ4n) is 4.60. The molecule has 2 aromatic carbocycles. The van der Waals surface area contributed by atoms with Crippen LogP contribution in [0.5, 0.6) is 5.75 Å². The van der Waals surface area contributed by atoms with E-state index < -0.39 is 23.6 Å². The zero-order valence-electron chi connectivity index (χ0n) is 19.0. The molecule has 1 atom stereocenters. The van der Waals surface area contributed by atoms with Gasteiger partial charge in [-0.25, -0.2) is 8.78 Å². The summed E-state index contributed by atoms with van der Waals surface area (Å²) in [5.74, 6) is -1.87. The molecular weight excluding hydrogens is 452 g/mol. The minimum atomic E-state index is -1.06. The van der Waals surface area contributed by atoms with Crippen LogP contribution in [0.1, 0.15) is 35.8 Å². The number of carbonyl (C=O) groups is 1. The molecule has 3 heterocycles. The van der Waals surface area contributed by atoms with E-state index >= 15 is 0 Å². The minimum absolute atomic E-state index is 0.260. The van der Waals surface area contributed by atoms with Gasteiger partial charge >= 0.3 is 5.97 Å². The van der Waals surface area contributed by atoms with E-state index in [0.717, 1.165) is 53.4 Å². The van der Waals surface area contributed by atoms with Gasteiger partial charge in [0, 0.05) is 41.8 Å². The van der Waals surface area contributed by atoms with Crippen LogP contribution in [0.4, 0.5) is 14.5 Å². The van der Waals surface area contributed by atoms with E-state index in [2.05, 4.69) is 11.4 Å². The van der Waals surface area contributed by atoms with Crippen molar-refractivity contribution in [1.82, 2.24) is 9.55 Å². The first-order valence-corrected chi connectivity index (χ1v) is 11.6. The number of aromatic nitrogens is 2. The molecule has 0 amide bonds. The number of rotatable bonds is 8. The predicted molar refractivity (Wildman–Crippen MR) is 129 cm³/mol. The molecular formula is C27H25F2N3O3. The van der Waals surface area contributed by atoms with Crippen molar-refractivity contribution in [2.24, 2.45) is 0 Å². The van der Waals surface area contributed by atoms with Gasteiger partial charge in [-0.05, 0) is 66.9 Å². The summed E-state index contributed by atoms with van der Waals surface area (Å²) < 4.78 is 35.4. The van der Waals surface area contributed by atoms with Gasteiger partial charge in [-0.3, -0.25) is 9.78 Å². The molecule has 5 rings (SSSR count). The van der Waals surface area contributed by atoms with Gasteiger partial charge < -0.3 is 19.7 Å². The van der Waals surface area contributed by atoms with Crippen LogP contribution in [0.25, 0.3) is 10.9 Å². The molecule has 0 radical (unpaired) electrons. The number of pyridine rings is 1. The summed E-state index contributed by atoms with van der Waals surface area (Å²) in [6.07, 6.45) is 4.17. The Balaban J connectivity index is 1.33. The number of aryl methyl sites for hydroxylation is 1. The number of carboxylic acids is 1. The fraction of sp³-hybridized carbons (Fsp3) is 0.259. The van der Waals surface area contributed by atoms with Crippen LogP contribution in [0.15, 0.2) is 60.8 Å². The van der Waals surface area contributed by atoms with Crippen molar-refractivity contribution in [3.63, 3.8) is 0 Å². The van der Waals surface area contributed by atoms with Crippen molar-refractivity contribution >= 4 is 22.6 Å². The number of halogens is 2. The Morgan fingerprint density at radius 3 is 2.74 bits per heavy atom. The summed E-state index contributed by atoms with van der Waals surface area (Å²) in [7, 11) is 0. The molecule has 6 nitrogen and oxygen atoms in total. The highest BCUT2D eigenvalue weighted by Gasteiger charge is 2.21. The number of aliphatic carboxylic acids is 1. The Bertz CT molecular complexity index is 1370. The number of benzene rings is 2. The Morgan fingerprint density at radius 1 is 1.11 bits per heavy atom. The quantitative estimate of drug-likeness (QED) is 0.357. The van der Waals surface area contributed by atoms with E-state index in [9.17, 15) is 18.7 Å². The molecule has 0 fully saturated rings. The van der Waals surface area contributed by atoms with E-state index in [-0.39, 0.29) is 12.0 Å². The van der Waals surface area contributed by atoms with Crippen molar-refractivity contribution < 1.29 is 23.4 Å². The van der Waals surface area contributed by atoms with E-state index in [4.69, 9.17) is 9.72 Å². The molecule has 1 aliphatic heterocycles. The molecule has 0 saturated heterocycles. The van der Waals surface area contributed by atoms with Gasteiger partial charge in [0.1, 0.15) is 17.4 Å². The monoisotopic (exact) mass is 477 g/mol. The third-order valence-corrected chi connectivity index (χ3v) is 6.23. The third kappa shape index (κ3) is 5.11. The lowest BCUT2D eigenvalue weighted by molar-refractivity contribution is -0.137. The fourth-order valence-corrected chi connectivity index (χ4v) is 4.60. The molecule has 4 aromatic rings. The van der Waals surface area contributed by atoms with Crippen LogP contribution in [0, 0.1) is 11.6 Å².